The Bertz CT molecular complexity index is 266. The standard InChI is InChI=1S/C14H26N2O/c1-17-11-13-3-8-16(9-4-13)10-7-14(12-15)5-2-6-14/h3H,2,4-12,15H2,1H3. The van der Waals surface area contributed by atoms with Crippen LogP contribution in [0.25, 0.3) is 0 Å². The molecule has 0 aromatic heterocycles. The molecular formula is C14H26N2O. The van der Waals surface area contributed by atoms with Gasteiger partial charge in [-0.3, -0.25) is 4.90 Å². The normalized spacial score (nSPS) is 24.2. The first kappa shape index (κ1) is 13.1. The Morgan fingerprint density at radius 1 is 1.47 bits per heavy atom. The SMILES string of the molecule is COCC1=CCN(CCC2(CN)CCC2)CC1. The van der Waals surface area contributed by atoms with E-state index in [2.05, 4.69) is 11.0 Å². The zero-order chi connectivity index (χ0) is 12.1. The summed E-state index contributed by atoms with van der Waals surface area (Å²) in [7, 11) is 1.77. The average Bonchev–Trinajstić information content (AvgIpc) is 2.31. The third kappa shape index (κ3) is 3.30. The molecule has 3 heteroatoms. The Kier molecular flexibility index (Phi) is 4.60. The molecule has 0 saturated heterocycles. The maximum Gasteiger partial charge on any atom is 0.0673 e. The van der Waals surface area contributed by atoms with Crippen LogP contribution in [0.2, 0.25) is 0 Å². The van der Waals surface area contributed by atoms with Crippen molar-refractivity contribution in [3.8, 4) is 0 Å². The Hall–Kier alpha value is -0.380. The zero-order valence-electron chi connectivity index (χ0n) is 11.1. The van der Waals surface area contributed by atoms with Crippen molar-refractivity contribution in [2.45, 2.75) is 32.1 Å². The van der Waals surface area contributed by atoms with E-state index in [-0.39, 0.29) is 0 Å². The fourth-order valence-corrected chi connectivity index (χ4v) is 2.90. The van der Waals surface area contributed by atoms with Crippen molar-refractivity contribution in [1.82, 2.24) is 4.90 Å². The minimum absolute atomic E-state index is 0.497. The molecule has 0 aromatic carbocycles. The Morgan fingerprint density at radius 3 is 2.76 bits per heavy atom. The molecule has 0 spiro atoms. The van der Waals surface area contributed by atoms with Crippen LogP contribution >= 0.6 is 0 Å². The molecule has 1 aliphatic heterocycles. The highest BCUT2D eigenvalue weighted by Crippen LogP contribution is 2.43. The first-order valence-electron chi connectivity index (χ1n) is 6.87. The molecular weight excluding hydrogens is 212 g/mol. The number of nitrogens with zero attached hydrogens (tertiary/aromatic N) is 1. The highest BCUT2D eigenvalue weighted by Gasteiger charge is 2.35. The molecule has 1 aliphatic carbocycles. The van der Waals surface area contributed by atoms with Gasteiger partial charge in [0.15, 0.2) is 0 Å². The van der Waals surface area contributed by atoms with E-state index < -0.39 is 0 Å². The number of methoxy groups -OCH3 is 1. The van der Waals surface area contributed by atoms with E-state index >= 15 is 0 Å². The van der Waals surface area contributed by atoms with Gasteiger partial charge in [0, 0.05) is 20.2 Å². The van der Waals surface area contributed by atoms with Gasteiger partial charge < -0.3 is 10.5 Å². The van der Waals surface area contributed by atoms with Crippen LogP contribution < -0.4 is 5.73 Å². The third-order valence-electron chi connectivity index (χ3n) is 4.52. The molecule has 0 unspecified atom stereocenters. The lowest BCUT2D eigenvalue weighted by Gasteiger charge is -2.42. The molecule has 0 aromatic rings. The quantitative estimate of drug-likeness (QED) is 0.717. The van der Waals surface area contributed by atoms with Crippen molar-refractivity contribution < 1.29 is 4.74 Å². The predicted molar refractivity (Wildman–Crippen MR) is 71.0 cm³/mol. The summed E-state index contributed by atoms with van der Waals surface area (Å²) in [5.74, 6) is 0. The molecule has 0 bridgehead atoms. The second-order valence-electron chi connectivity index (χ2n) is 5.65. The maximum atomic E-state index is 5.90. The van der Waals surface area contributed by atoms with Crippen LogP contribution in [0.1, 0.15) is 32.1 Å². The molecule has 1 heterocycles. The highest BCUT2D eigenvalue weighted by atomic mass is 16.5. The summed E-state index contributed by atoms with van der Waals surface area (Å²) in [5, 5.41) is 0. The first-order valence-corrected chi connectivity index (χ1v) is 6.87. The maximum absolute atomic E-state index is 5.90. The van der Waals surface area contributed by atoms with E-state index in [1.54, 1.807) is 7.11 Å². The number of ether oxygens (including phenoxy) is 1. The van der Waals surface area contributed by atoms with Crippen LogP contribution in [0.4, 0.5) is 0 Å². The summed E-state index contributed by atoms with van der Waals surface area (Å²) in [6.45, 7) is 5.19. The summed E-state index contributed by atoms with van der Waals surface area (Å²) in [4.78, 5) is 2.55. The molecule has 98 valence electrons. The van der Waals surface area contributed by atoms with E-state index in [1.165, 1.54) is 50.8 Å². The number of hydrogen-bond acceptors (Lipinski definition) is 3. The minimum Gasteiger partial charge on any atom is -0.380 e. The van der Waals surface area contributed by atoms with E-state index in [1.807, 2.05) is 0 Å². The number of hydrogen-bond donors (Lipinski definition) is 1. The summed E-state index contributed by atoms with van der Waals surface area (Å²) in [5.41, 5.74) is 7.85. The van der Waals surface area contributed by atoms with E-state index in [4.69, 9.17) is 10.5 Å². The molecule has 0 radical (unpaired) electrons. The van der Waals surface area contributed by atoms with Crippen LogP contribution in [-0.4, -0.2) is 44.8 Å². The second kappa shape index (κ2) is 5.98. The lowest BCUT2D eigenvalue weighted by atomic mass is 9.66. The van der Waals surface area contributed by atoms with Crippen molar-refractivity contribution in [2.24, 2.45) is 11.1 Å². The fourth-order valence-electron chi connectivity index (χ4n) is 2.90. The zero-order valence-corrected chi connectivity index (χ0v) is 11.1. The second-order valence-corrected chi connectivity index (χ2v) is 5.65. The van der Waals surface area contributed by atoms with Gasteiger partial charge in [-0.25, -0.2) is 0 Å². The highest BCUT2D eigenvalue weighted by molar-refractivity contribution is 5.07. The van der Waals surface area contributed by atoms with E-state index in [0.29, 0.717) is 5.41 Å². The van der Waals surface area contributed by atoms with Gasteiger partial charge in [0.2, 0.25) is 0 Å². The minimum atomic E-state index is 0.497. The van der Waals surface area contributed by atoms with Crippen molar-refractivity contribution in [3.05, 3.63) is 11.6 Å². The molecule has 0 atom stereocenters. The van der Waals surface area contributed by atoms with Crippen LogP contribution in [0, 0.1) is 5.41 Å². The largest absolute Gasteiger partial charge is 0.380 e. The monoisotopic (exact) mass is 238 g/mol. The predicted octanol–water partition coefficient (Wildman–Crippen LogP) is 1.78. The molecule has 0 amide bonds. The van der Waals surface area contributed by atoms with Gasteiger partial charge in [-0.15, -0.1) is 0 Å². The molecule has 2 rings (SSSR count). The van der Waals surface area contributed by atoms with Crippen LogP contribution in [0.5, 0.6) is 0 Å². The summed E-state index contributed by atoms with van der Waals surface area (Å²) in [6.07, 6.45) is 8.88. The van der Waals surface area contributed by atoms with Gasteiger partial charge in [-0.2, -0.15) is 0 Å². The van der Waals surface area contributed by atoms with Crippen LogP contribution in [-0.2, 0) is 4.74 Å². The van der Waals surface area contributed by atoms with Crippen LogP contribution in [0.3, 0.4) is 0 Å². The lowest BCUT2D eigenvalue weighted by Crippen LogP contribution is -2.41. The summed E-state index contributed by atoms with van der Waals surface area (Å²) < 4.78 is 5.17. The smallest absolute Gasteiger partial charge is 0.0673 e. The molecule has 2 N–H and O–H groups in total. The third-order valence-corrected chi connectivity index (χ3v) is 4.52. The average molecular weight is 238 g/mol. The first-order chi connectivity index (χ1) is 8.28. The number of rotatable bonds is 6. The van der Waals surface area contributed by atoms with Gasteiger partial charge >= 0.3 is 0 Å². The van der Waals surface area contributed by atoms with Crippen LogP contribution in [0.15, 0.2) is 11.6 Å². The van der Waals surface area contributed by atoms with Crippen molar-refractivity contribution in [2.75, 3.05) is 39.9 Å². The van der Waals surface area contributed by atoms with E-state index in [0.717, 1.165) is 19.7 Å². The van der Waals surface area contributed by atoms with Gasteiger partial charge in [-0.05, 0) is 49.8 Å². The Labute approximate surface area is 105 Å². The summed E-state index contributed by atoms with van der Waals surface area (Å²) >= 11 is 0. The van der Waals surface area contributed by atoms with Gasteiger partial charge in [-0.1, -0.05) is 12.5 Å². The van der Waals surface area contributed by atoms with Gasteiger partial charge in [0.1, 0.15) is 0 Å². The lowest BCUT2D eigenvalue weighted by molar-refractivity contribution is 0.107. The topological polar surface area (TPSA) is 38.5 Å². The molecule has 17 heavy (non-hydrogen) atoms. The van der Waals surface area contributed by atoms with Crippen molar-refractivity contribution in [3.63, 3.8) is 0 Å². The van der Waals surface area contributed by atoms with Gasteiger partial charge in [0.25, 0.3) is 0 Å². The molecule has 1 fully saturated rings. The van der Waals surface area contributed by atoms with Crippen molar-refractivity contribution >= 4 is 0 Å². The number of nitrogens with two attached hydrogens (primary N) is 1. The Morgan fingerprint density at radius 2 is 2.29 bits per heavy atom. The molecule has 1 saturated carbocycles. The fraction of sp³-hybridized carbons (Fsp3) is 0.857. The van der Waals surface area contributed by atoms with Gasteiger partial charge in [0.05, 0.1) is 6.61 Å². The molecule has 2 aliphatic rings. The Balaban J connectivity index is 1.71. The van der Waals surface area contributed by atoms with E-state index in [9.17, 15) is 0 Å². The summed E-state index contributed by atoms with van der Waals surface area (Å²) in [6, 6.07) is 0. The van der Waals surface area contributed by atoms with Crippen molar-refractivity contribution in [1.29, 1.82) is 0 Å². The molecule has 3 nitrogen and oxygen atoms in total.